The molecule has 0 atom stereocenters. The Kier molecular flexibility index (Phi) is 7.23. The molecular weight excluding hydrogens is 400 g/mol. The molecule has 2 aromatic carbocycles. The van der Waals surface area contributed by atoms with Gasteiger partial charge < -0.3 is 28.7 Å². The van der Waals surface area contributed by atoms with Crippen molar-refractivity contribution in [1.82, 2.24) is 9.80 Å². The van der Waals surface area contributed by atoms with Crippen molar-refractivity contribution in [3.05, 3.63) is 47.5 Å². The molecule has 0 spiro atoms. The molecule has 8 heteroatoms. The standard InChI is InChI=1S/C23H28N2O6/c1-28-16-6-8-18(20(14-16)30-3)22(26)24-10-5-11-25(13-12-24)23(27)19-9-7-17(29-2)15-21(19)31-4/h6-9,14-15H,5,10-13H2,1-4H3. The van der Waals surface area contributed by atoms with Crippen LogP contribution in [-0.4, -0.2) is 76.2 Å². The maximum atomic E-state index is 13.1. The Morgan fingerprint density at radius 3 is 1.42 bits per heavy atom. The highest BCUT2D eigenvalue weighted by Crippen LogP contribution is 2.28. The van der Waals surface area contributed by atoms with Gasteiger partial charge in [-0.15, -0.1) is 0 Å². The average molecular weight is 428 g/mol. The minimum absolute atomic E-state index is 0.129. The summed E-state index contributed by atoms with van der Waals surface area (Å²) in [6.07, 6.45) is 0.675. The van der Waals surface area contributed by atoms with E-state index in [1.807, 2.05) is 0 Å². The average Bonchev–Trinajstić information content (AvgIpc) is 3.08. The minimum atomic E-state index is -0.129. The van der Waals surface area contributed by atoms with Crippen molar-refractivity contribution in [1.29, 1.82) is 0 Å². The van der Waals surface area contributed by atoms with E-state index < -0.39 is 0 Å². The van der Waals surface area contributed by atoms with Gasteiger partial charge in [0.1, 0.15) is 23.0 Å². The van der Waals surface area contributed by atoms with Gasteiger partial charge in [0.05, 0.1) is 39.6 Å². The van der Waals surface area contributed by atoms with Crippen LogP contribution in [0.25, 0.3) is 0 Å². The number of rotatable bonds is 6. The van der Waals surface area contributed by atoms with E-state index in [0.29, 0.717) is 66.7 Å². The zero-order valence-corrected chi connectivity index (χ0v) is 18.3. The molecule has 0 aromatic heterocycles. The summed E-state index contributed by atoms with van der Waals surface area (Å²) in [6.45, 7) is 1.96. The molecule has 1 heterocycles. The first-order valence-corrected chi connectivity index (χ1v) is 10.0. The molecule has 0 unspecified atom stereocenters. The summed E-state index contributed by atoms with van der Waals surface area (Å²) in [5.74, 6) is 1.91. The molecule has 2 amide bonds. The molecule has 1 fully saturated rings. The summed E-state index contributed by atoms with van der Waals surface area (Å²) in [7, 11) is 6.18. The quantitative estimate of drug-likeness (QED) is 0.704. The van der Waals surface area contributed by atoms with E-state index >= 15 is 0 Å². The monoisotopic (exact) mass is 428 g/mol. The fourth-order valence-corrected chi connectivity index (χ4v) is 3.61. The van der Waals surface area contributed by atoms with E-state index in [1.54, 1.807) is 60.4 Å². The van der Waals surface area contributed by atoms with Crippen molar-refractivity contribution >= 4 is 11.8 Å². The zero-order chi connectivity index (χ0) is 22.4. The van der Waals surface area contributed by atoms with Gasteiger partial charge in [0.25, 0.3) is 11.8 Å². The first-order valence-electron chi connectivity index (χ1n) is 10.0. The van der Waals surface area contributed by atoms with Crippen LogP contribution < -0.4 is 18.9 Å². The van der Waals surface area contributed by atoms with E-state index in [4.69, 9.17) is 18.9 Å². The molecule has 0 saturated carbocycles. The van der Waals surface area contributed by atoms with Gasteiger partial charge in [0.2, 0.25) is 0 Å². The molecule has 1 aliphatic heterocycles. The van der Waals surface area contributed by atoms with Crippen LogP contribution in [0.4, 0.5) is 0 Å². The fraction of sp³-hybridized carbons (Fsp3) is 0.391. The normalized spacial score (nSPS) is 13.9. The Labute approximate surface area is 182 Å². The van der Waals surface area contributed by atoms with Crippen molar-refractivity contribution in [2.24, 2.45) is 0 Å². The van der Waals surface area contributed by atoms with Gasteiger partial charge in [-0.3, -0.25) is 9.59 Å². The smallest absolute Gasteiger partial charge is 0.257 e. The number of methoxy groups -OCH3 is 4. The Morgan fingerprint density at radius 2 is 1.06 bits per heavy atom. The first kappa shape index (κ1) is 22.3. The number of hydrogen-bond acceptors (Lipinski definition) is 6. The molecule has 2 aromatic rings. The number of ether oxygens (including phenoxy) is 4. The third-order valence-electron chi connectivity index (χ3n) is 5.35. The van der Waals surface area contributed by atoms with Crippen LogP contribution in [0, 0.1) is 0 Å². The molecule has 1 saturated heterocycles. The second kappa shape index (κ2) is 10.1. The highest BCUT2D eigenvalue weighted by Gasteiger charge is 2.26. The predicted molar refractivity (Wildman–Crippen MR) is 116 cm³/mol. The van der Waals surface area contributed by atoms with E-state index in [1.165, 1.54) is 14.2 Å². The number of benzene rings is 2. The van der Waals surface area contributed by atoms with Crippen LogP contribution in [0.3, 0.4) is 0 Å². The van der Waals surface area contributed by atoms with E-state index in [-0.39, 0.29) is 11.8 Å². The molecule has 8 nitrogen and oxygen atoms in total. The number of hydrogen-bond donors (Lipinski definition) is 0. The van der Waals surface area contributed by atoms with Crippen LogP contribution in [0.2, 0.25) is 0 Å². The second-order valence-electron chi connectivity index (χ2n) is 7.07. The molecule has 0 radical (unpaired) electrons. The lowest BCUT2D eigenvalue weighted by Gasteiger charge is -2.23. The molecule has 166 valence electrons. The van der Waals surface area contributed by atoms with E-state index in [2.05, 4.69) is 0 Å². The third-order valence-corrected chi connectivity index (χ3v) is 5.35. The summed E-state index contributed by atoms with van der Waals surface area (Å²) in [6, 6.07) is 10.3. The number of nitrogens with zero attached hydrogens (tertiary/aromatic N) is 2. The molecular formula is C23H28N2O6. The summed E-state index contributed by atoms with van der Waals surface area (Å²) in [5, 5.41) is 0. The Hall–Kier alpha value is -3.42. The molecule has 1 aliphatic rings. The first-order chi connectivity index (χ1) is 15.0. The fourth-order valence-electron chi connectivity index (χ4n) is 3.61. The zero-order valence-electron chi connectivity index (χ0n) is 18.3. The highest BCUT2D eigenvalue weighted by atomic mass is 16.5. The summed E-state index contributed by atoms with van der Waals surface area (Å²) >= 11 is 0. The van der Waals surface area contributed by atoms with Gasteiger partial charge in [-0.2, -0.15) is 0 Å². The Balaban J connectivity index is 1.73. The summed E-state index contributed by atoms with van der Waals surface area (Å²) < 4.78 is 21.2. The lowest BCUT2D eigenvalue weighted by atomic mass is 10.1. The highest BCUT2D eigenvalue weighted by molar-refractivity contribution is 5.98. The molecule has 31 heavy (non-hydrogen) atoms. The van der Waals surface area contributed by atoms with Gasteiger partial charge in [-0.25, -0.2) is 0 Å². The van der Waals surface area contributed by atoms with Crippen molar-refractivity contribution in [3.63, 3.8) is 0 Å². The van der Waals surface area contributed by atoms with Crippen LogP contribution in [0.1, 0.15) is 27.1 Å². The molecule has 0 bridgehead atoms. The van der Waals surface area contributed by atoms with E-state index in [9.17, 15) is 9.59 Å². The minimum Gasteiger partial charge on any atom is -0.497 e. The lowest BCUT2D eigenvalue weighted by molar-refractivity contribution is 0.0715. The summed E-state index contributed by atoms with van der Waals surface area (Å²) in [5.41, 5.74) is 0.944. The van der Waals surface area contributed by atoms with Gasteiger partial charge >= 0.3 is 0 Å². The van der Waals surface area contributed by atoms with Crippen molar-refractivity contribution in [2.45, 2.75) is 6.42 Å². The van der Waals surface area contributed by atoms with Crippen LogP contribution >= 0.6 is 0 Å². The Bertz CT molecular complexity index is 870. The molecule has 0 aliphatic carbocycles. The van der Waals surface area contributed by atoms with Crippen LogP contribution in [-0.2, 0) is 0 Å². The maximum Gasteiger partial charge on any atom is 0.257 e. The van der Waals surface area contributed by atoms with Gasteiger partial charge in [-0.05, 0) is 30.7 Å². The van der Waals surface area contributed by atoms with Gasteiger partial charge in [0, 0.05) is 38.3 Å². The predicted octanol–water partition coefficient (Wildman–Crippen LogP) is 2.71. The van der Waals surface area contributed by atoms with E-state index in [0.717, 1.165) is 0 Å². The lowest BCUT2D eigenvalue weighted by Crippen LogP contribution is -2.37. The summed E-state index contributed by atoms with van der Waals surface area (Å²) in [4.78, 5) is 29.7. The SMILES string of the molecule is COc1ccc(C(=O)N2CCCN(C(=O)c3ccc(OC)cc3OC)CC2)c(OC)c1. The van der Waals surface area contributed by atoms with Crippen molar-refractivity contribution in [2.75, 3.05) is 54.6 Å². The van der Waals surface area contributed by atoms with Crippen molar-refractivity contribution < 1.29 is 28.5 Å². The third kappa shape index (κ3) is 4.84. The number of amides is 2. The van der Waals surface area contributed by atoms with Gasteiger partial charge in [0.15, 0.2) is 0 Å². The van der Waals surface area contributed by atoms with Gasteiger partial charge in [-0.1, -0.05) is 0 Å². The van der Waals surface area contributed by atoms with Crippen LogP contribution in [0.5, 0.6) is 23.0 Å². The van der Waals surface area contributed by atoms with Crippen LogP contribution in [0.15, 0.2) is 36.4 Å². The second-order valence-corrected chi connectivity index (χ2v) is 7.07. The van der Waals surface area contributed by atoms with Crippen molar-refractivity contribution in [3.8, 4) is 23.0 Å². The number of carbonyl (C=O) groups is 2. The molecule has 3 rings (SSSR count). The topological polar surface area (TPSA) is 77.5 Å². The molecule has 0 N–H and O–H groups in total. The largest absolute Gasteiger partial charge is 0.497 e. The maximum absolute atomic E-state index is 13.1. The Morgan fingerprint density at radius 1 is 0.645 bits per heavy atom. The number of carbonyl (C=O) groups excluding carboxylic acids is 2.